The van der Waals surface area contributed by atoms with E-state index in [2.05, 4.69) is 59.7 Å². The number of thioether (sulfide) groups is 1. The highest BCUT2D eigenvalue weighted by atomic mass is 79.9. The fourth-order valence-corrected chi connectivity index (χ4v) is 3.24. The number of nitrogens with zero attached hydrogens (tertiary/aromatic N) is 5. The molecule has 112 valence electrons. The van der Waals surface area contributed by atoms with Gasteiger partial charge in [0.25, 0.3) is 0 Å². The Kier molecular flexibility index (Phi) is 4.84. The van der Waals surface area contributed by atoms with Crippen LogP contribution in [0.1, 0.15) is 12.5 Å². The first kappa shape index (κ1) is 15.2. The fourth-order valence-electron chi connectivity index (χ4n) is 2.01. The summed E-state index contributed by atoms with van der Waals surface area (Å²) in [7, 11) is 0. The van der Waals surface area contributed by atoms with E-state index in [1.807, 2.05) is 12.1 Å². The summed E-state index contributed by atoms with van der Waals surface area (Å²) in [6.07, 6.45) is 5.03. The zero-order valence-electron chi connectivity index (χ0n) is 12.0. The molecule has 2 heterocycles. The smallest absolute Gasteiger partial charge is 0.191 e. The molecule has 5 nitrogen and oxygen atoms in total. The summed E-state index contributed by atoms with van der Waals surface area (Å²) in [4.78, 5) is 8.39. The van der Waals surface area contributed by atoms with Gasteiger partial charge < -0.3 is 4.57 Å². The molecule has 0 atom stereocenters. The summed E-state index contributed by atoms with van der Waals surface area (Å²) in [5.41, 5.74) is 1.99. The molecular weight excluding hydrogens is 362 g/mol. The maximum absolute atomic E-state index is 4.30. The molecule has 0 aliphatic carbocycles. The zero-order valence-corrected chi connectivity index (χ0v) is 14.4. The molecule has 1 aromatic carbocycles. The minimum absolute atomic E-state index is 0.743. The molecule has 3 rings (SSSR count). The van der Waals surface area contributed by atoms with Gasteiger partial charge in [0.2, 0.25) is 0 Å². The highest BCUT2D eigenvalue weighted by molar-refractivity contribution is 9.10. The van der Waals surface area contributed by atoms with Crippen molar-refractivity contribution >= 4 is 27.7 Å². The molecule has 7 heteroatoms. The Labute approximate surface area is 141 Å². The van der Waals surface area contributed by atoms with Crippen LogP contribution in [-0.4, -0.2) is 24.7 Å². The number of hydrogen-bond acceptors (Lipinski definition) is 5. The average molecular weight is 376 g/mol. The average Bonchev–Trinajstić information content (AvgIpc) is 2.98. The van der Waals surface area contributed by atoms with E-state index in [1.165, 1.54) is 5.56 Å². The van der Waals surface area contributed by atoms with E-state index in [-0.39, 0.29) is 0 Å². The highest BCUT2D eigenvalue weighted by Crippen LogP contribution is 2.25. The normalized spacial score (nSPS) is 10.8. The van der Waals surface area contributed by atoms with Crippen LogP contribution in [0.2, 0.25) is 0 Å². The molecule has 0 aliphatic heterocycles. The predicted molar refractivity (Wildman–Crippen MR) is 90.4 cm³/mol. The summed E-state index contributed by atoms with van der Waals surface area (Å²) < 4.78 is 3.15. The van der Waals surface area contributed by atoms with Gasteiger partial charge in [-0.2, -0.15) is 0 Å². The monoisotopic (exact) mass is 375 g/mol. The second kappa shape index (κ2) is 7.02. The Balaban J connectivity index is 1.80. The zero-order chi connectivity index (χ0) is 15.4. The number of aromatic nitrogens is 5. The summed E-state index contributed by atoms with van der Waals surface area (Å²) in [5.74, 6) is 1.61. The van der Waals surface area contributed by atoms with Gasteiger partial charge in [0.15, 0.2) is 11.0 Å². The molecule has 2 aromatic heterocycles. The maximum Gasteiger partial charge on any atom is 0.191 e. The third-order valence-electron chi connectivity index (χ3n) is 3.11. The topological polar surface area (TPSA) is 56.5 Å². The van der Waals surface area contributed by atoms with Crippen LogP contribution in [0.25, 0.3) is 11.5 Å². The van der Waals surface area contributed by atoms with Crippen LogP contribution < -0.4 is 0 Å². The van der Waals surface area contributed by atoms with Gasteiger partial charge in [-0.1, -0.05) is 39.8 Å². The number of benzene rings is 1. The van der Waals surface area contributed by atoms with Crippen LogP contribution in [0, 0.1) is 0 Å². The molecule has 0 saturated carbocycles. The molecule has 0 bridgehead atoms. The Morgan fingerprint density at radius 2 is 1.95 bits per heavy atom. The van der Waals surface area contributed by atoms with Crippen molar-refractivity contribution in [3.8, 4) is 11.5 Å². The molecular formula is C15H14BrN5S. The maximum atomic E-state index is 4.30. The Hall–Kier alpha value is -1.73. The van der Waals surface area contributed by atoms with Gasteiger partial charge in [0.1, 0.15) is 5.69 Å². The molecule has 0 unspecified atom stereocenters. The van der Waals surface area contributed by atoms with Gasteiger partial charge >= 0.3 is 0 Å². The van der Waals surface area contributed by atoms with Crippen LogP contribution in [0.3, 0.4) is 0 Å². The van der Waals surface area contributed by atoms with Crippen molar-refractivity contribution < 1.29 is 0 Å². The lowest BCUT2D eigenvalue weighted by Gasteiger charge is -2.06. The summed E-state index contributed by atoms with van der Waals surface area (Å²) in [5, 5.41) is 9.46. The molecule has 0 radical (unpaired) electrons. The van der Waals surface area contributed by atoms with Crippen LogP contribution in [0.15, 0.2) is 52.5 Å². The molecule has 0 amide bonds. The highest BCUT2D eigenvalue weighted by Gasteiger charge is 2.14. The van der Waals surface area contributed by atoms with Gasteiger partial charge in [0, 0.05) is 29.2 Å². The van der Waals surface area contributed by atoms with Crippen LogP contribution in [0.5, 0.6) is 0 Å². The Morgan fingerprint density at radius 1 is 1.14 bits per heavy atom. The van der Waals surface area contributed by atoms with Crippen LogP contribution in [-0.2, 0) is 12.3 Å². The first-order valence-corrected chi connectivity index (χ1v) is 8.62. The van der Waals surface area contributed by atoms with E-state index in [0.717, 1.165) is 33.4 Å². The van der Waals surface area contributed by atoms with E-state index >= 15 is 0 Å². The van der Waals surface area contributed by atoms with E-state index < -0.39 is 0 Å². The lowest BCUT2D eigenvalue weighted by Crippen LogP contribution is -2.01. The molecule has 22 heavy (non-hydrogen) atoms. The lowest BCUT2D eigenvalue weighted by molar-refractivity contribution is 0.685. The van der Waals surface area contributed by atoms with E-state index in [4.69, 9.17) is 0 Å². The van der Waals surface area contributed by atoms with E-state index in [9.17, 15) is 0 Å². The van der Waals surface area contributed by atoms with Crippen molar-refractivity contribution in [3.63, 3.8) is 0 Å². The second-order valence-electron chi connectivity index (χ2n) is 4.56. The summed E-state index contributed by atoms with van der Waals surface area (Å²) in [6.45, 7) is 2.87. The largest absolute Gasteiger partial charge is 0.301 e. The Morgan fingerprint density at radius 3 is 2.64 bits per heavy atom. The standard InChI is InChI=1S/C15H14BrN5S/c1-2-21-14(13-9-17-7-8-18-13)19-20-15(21)22-10-11-3-5-12(16)6-4-11/h3-9H,2,10H2,1H3. The molecule has 0 aliphatic rings. The number of rotatable bonds is 5. The van der Waals surface area contributed by atoms with Crippen molar-refractivity contribution in [2.75, 3.05) is 0 Å². The fraction of sp³-hybridized carbons (Fsp3) is 0.200. The third kappa shape index (κ3) is 3.36. The molecule has 0 spiro atoms. The molecule has 3 aromatic rings. The lowest BCUT2D eigenvalue weighted by atomic mass is 10.2. The minimum Gasteiger partial charge on any atom is -0.301 e. The van der Waals surface area contributed by atoms with Gasteiger partial charge in [-0.25, -0.2) is 4.98 Å². The van der Waals surface area contributed by atoms with Crippen LogP contribution >= 0.6 is 27.7 Å². The number of halogens is 1. The van der Waals surface area contributed by atoms with Gasteiger partial charge in [-0.05, 0) is 24.6 Å². The van der Waals surface area contributed by atoms with Crippen molar-refractivity contribution in [3.05, 3.63) is 52.9 Å². The van der Waals surface area contributed by atoms with Crippen molar-refractivity contribution in [2.24, 2.45) is 0 Å². The molecule has 0 fully saturated rings. The first-order chi connectivity index (χ1) is 10.8. The quantitative estimate of drug-likeness (QED) is 0.634. The van der Waals surface area contributed by atoms with Crippen molar-refractivity contribution in [1.82, 2.24) is 24.7 Å². The van der Waals surface area contributed by atoms with Gasteiger partial charge in [-0.3, -0.25) is 4.98 Å². The predicted octanol–water partition coefficient (Wildman–Crippen LogP) is 3.81. The number of hydrogen-bond donors (Lipinski definition) is 0. The van der Waals surface area contributed by atoms with Gasteiger partial charge in [-0.15, -0.1) is 10.2 Å². The molecule has 0 saturated heterocycles. The summed E-state index contributed by atoms with van der Waals surface area (Å²) in [6, 6.07) is 8.30. The minimum atomic E-state index is 0.743. The van der Waals surface area contributed by atoms with Gasteiger partial charge in [0.05, 0.1) is 6.20 Å². The second-order valence-corrected chi connectivity index (χ2v) is 6.41. The molecule has 0 N–H and O–H groups in total. The first-order valence-electron chi connectivity index (χ1n) is 6.84. The van der Waals surface area contributed by atoms with E-state index in [1.54, 1.807) is 30.4 Å². The van der Waals surface area contributed by atoms with E-state index in [0.29, 0.717) is 0 Å². The summed E-state index contributed by atoms with van der Waals surface area (Å²) >= 11 is 5.12. The third-order valence-corrected chi connectivity index (χ3v) is 4.67. The van der Waals surface area contributed by atoms with Crippen LogP contribution in [0.4, 0.5) is 0 Å². The SMILES string of the molecule is CCn1c(SCc2ccc(Br)cc2)nnc1-c1cnccn1. The Bertz CT molecular complexity index is 742. The van der Waals surface area contributed by atoms with Crippen molar-refractivity contribution in [2.45, 2.75) is 24.4 Å². The van der Waals surface area contributed by atoms with Crippen molar-refractivity contribution in [1.29, 1.82) is 0 Å².